The van der Waals surface area contributed by atoms with Crippen LogP contribution in [0.25, 0.3) is 21.9 Å². The third kappa shape index (κ3) is 5.34. The van der Waals surface area contributed by atoms with Crippen LogP contribution in [0, 0.1) is 0 Å². The lowest BCUT2D eigenvalue weighted by atomic mass is 10.1. The Kier molecular flexibility index (Phi) is 7.84. The maximum Gasteiger partial charge on any atom is 0.143 e. The smallest absolute Gasteiger partial charge is 0.143 e. The predicted molar refractivity (Wildman–Crippen MR) is 126 cm³/mol. The first kappa shape index (κ1) is 22.8. The van der Waals surface area contributed by atoms with Gasteiger partial charge in [-0.3, -0.25) is 14.7 Å². The molecule has 0 amide bonds. The van der Waals surface area contributed by atoms with E-state index in [1.54, 1.807) is 14.0 Å². The molecule has 172 valence electrons. The van der Waals surface area contributed by atoms with Gasteiger partial charge in [-0.05, 0) is 45.2 Å². The van der Waals surface area contributed by atoms with Gasteiger partial charge in [-0.1, -0.05) is 18.2 Å². The highest BCUT2D eigenvalue weighted by atomic mass is 16.5. The van der Waals surface area contributed by atoms with E-state index in [1.165, 1.54) is 0 Å². The Morgan fingerprint density at radius 3 is 2.81 bits per heavy atom. The van der Waals surface area contributed by atoms with Crippen LogP contribution in [0.15, 0.2) is 30.5 Å². The summed E-state index contributed by atoms with van der Waals surface area (Å²) in [6, 6.07) is 8.71. The minimum Gasteiger partial charge on any atom is -0.384 e. The number of carbonyl (C=O) groups is 1. The molecule has 0 bridgehead atoms. The van der Waals surface area contributed by atoms with Gasteiger partial charge in [0.1, 0.15) is 17.1 Å². The summed E-state index contributed by atoms with van der Waals surface area (Å²) in [5, 5.41) is 1.14. The maximum atomic E-state index is 11.8. The van der Waals surface area contributed by atoms with Crippen LogP contribution in [0.4, 0.5) is 0 Å². The Labute approximate surface area is 189 Å². The van der Waals surface area contributed by atoms with Gasteiger partial charge in [-0.15, -0.1) is 0 Å². The Morgan fingerprint density at radius 2 is 2.03 bits per heavy atom. The summed E-state index contributed by atoms with van der Waals surface area (Å²) < 4.78 is 13.2. The van der Waals surface area contributed by atoms with Crippen LogP contribution in [-0.4, -0.2) is 71.3 Å². The van der Waals surface area contributed by atoms with Crippen molar-refractivity contribution in [2.24, 2.45) is 0 Å². The van der Waals surface area contributed by atoms with E-state index in [2.05, 4.69) is 32.7 Å². The first-order valence-electron chi connectivity index (χ1n) is 11.7. The van der Waals surface area contributed by atoms with Crippen LogP contribution < -0.4 is 0 Å². The fraction of sp³-hybridized carbons (Fsp3) is 0.560. The Morgan fingerprint density at radius 1 is 1.22 bits per heavy atom. The lowest BCUT2D eigenvalue weighted by molar-refractivity contribution is -0.119. The molecule has 32 heavy (non-hydrogen) atoms. The Balaban J connectivity index is 1.49. The molecule has 1 saturated heterocycles. The number of ether oxygens (including phenoxy) is 2. The number of pyridine rings is 1. The monoisotopic (exact) mass is 438 g/mol. The molecule has 7 heteroatoms. The van der Waals surface area contributed by atoms with Gasteiger partial charge in [0.05, 0.1) is 30.4 Å². The number of carbonyl (C=O) groups excluding carboxylic acids is 1. The van der Waals surface area contributed by atoms with Crippen molar-refractivity contribution in [3.05, 3.63) is 36.3 Å². The number of hydrogen-bond donors (Lipinski definition) is 0. The SMILES string of the molecule is COCCc1nc2cnc3ccccc3c2n1CCCCN(CC(C)=O)C1CCOCC1. The summed E-state index contributed by atoms with van der Waals surface area (Å²) in [5.74, 6) is 1.28. The van der Waals surface area contributed by atoms with Crippen molar-refractivity contribution in [1.82, 2.24) is 19.4 Å². The van der Waals surface area contributed by atoms with Crippen LogP contribution in [-0.2, 0) is 27.2 Å². The second-order valence-electron chi connectivity index (χ2n) is 8.65. The summed E-state index contributed by atoms with van der Waals surface area (Å²) in [7, 11) is 1.73. The van der Waals surface area contributed by atoms with Crippen molar-refractivity contribution in [3.63, 3.8) is 0 Å². The summed E-state index contributed by atoms with van der Waals surface area (Å²) in [6.07, 6.45) is 6.75. The van der Waals surface area contributed by atoms with Gasteiger partial charge in [-0.2, -0.15) is 0 Å². The molecule has 0 aliphatic carbocycles. The average molecular weight is 439 g/mol. The fourth-order valence-electron chi connectivity index (χ4n) is 4.75. The molecule has 0 spiro atoms. The van der Waals surface area contributed by atoms with Crippen LogP contribution >= 0.6 is 0 Å². The molecule has 1 aromatic carbocycles. The number of imidazole rings is 1. The number of methoxy groups -OCH3 is 1. The zero-order chi connectivity index (χ0) is 22.3. The van der Waals surface area contributed by atoms with Gasteiger partial charge in [0, 0.05) is 44.7 Å². The molecule has 0 saturated carbocycles. The van der Waals surface area contributed by atoms with Crippen molar-refractivity contribution in [2.45, 2.75) is 51.6 Å². The first-order valence-corrected chi connectivity index (χ1v) is 11.7. The number of benzene rings is 1. The second kappa shape index (κ2) is 11.0. The normalized spacial score (nSPS) is 15.2. The van der Waals surface area contributed by atoms with E-state index < -0.39 is 0 Å². The summed E-state index contributed by atoms with van der Waals surface area (Å²) in [5.41, 5.74) is 3.09. The van der Waals surface area contributed by atoms with E-state index in [1.807, 2.05) is 12.3 Å². The molecule has 3 heterocycles. The number of Topliss-reactive ketones (excluding diaryl/α,β-unsaturated/α-hetero) is 1. The number of para-hydroxylation sites is 1. The summed E-state index contributed by atoms with van der Waals surface area (Å²) in [6.45, 7) is 6.29. The van der Waals surface area contributed by atoms with Gasteiger partial charge in [0.15, 0.2) is 0 Å². The lowest BCUT2D eigenvalue weighted by Gasteiger charge is -2.33. The molecule has 0 atom stereocenters. The topological polar surface area (TPSA) is 69.5 Å². The van der Waals surface area contributed by atoms with E-state index in [0.29, 0.717) is 19.2 Å². The van der Waals surface area contributed by atoms with Crippen LogP contribution in [0.2, 0.25) is 0 Å². The number of nitrogens with zero attached hydrogens (tertiary/aromatic N) is 4. The molecular formula is C25H34N4O3. The molecular weight excluding hydrogens is 404 g/mol. The summed E-state index contributed by atoms with van der Waals surface area (Å²) in [4.78, 5) is 23.7. The number of hydrogen-bond acceptors (Lipinski definition) is 6. The van der Waals surface area contributed by atoms with Crippen LogP contribution in [0.1, 0.15) is 38.4 Å². The number of fused-ring (bicyclic) bond motifs is 3. The molecule has 0 radical (unpaired) electrons. The lowest BCUT2D eigenvalue weighted by Crippen LogP contribution is -2.42. The Bertz CT molecular complexity index is 1040. The highest BCUT2D eigenvalue weighted by Crippen LogP contribution is 2.25. The number of unbranched alkanes of at least 4 members (excludes halogenated alkanes) is 1. The Hall–Kier alpha value is -2.35. The average Bonchev–Trinajstić information content (AvgIpc) is 3.17. The first-order chi connectivity index (χ1) is 15.7. The molecule has 1 aliphatic rings. The van der Waals surface area contributed by atoms with Gasteiger partial charge >= 0.3 is 0 Å². The third-order valence-electron chi connectivity index (χ3n) is 6.30. The molecule has 1 aliphatic heterocycles. The summed E-state index contributed by atoms with van der Waals surface area (Å²) >= 11 is 0. The van der Waals surface area contributed by atoms with Crippen molar-refractivity contribution in [2.75, 3.05) is 40.0 Å². The van der Waals surface area contributed by atoms with Crippen molar-refractivity contribution >= 4 is 27.7 Å². The largest absolute Gasteiger partial charge is 0.384 e. The number of ketones is 1. The highest BCUT2D eigenvalue weighted by Gasteiger charge is 2.22. The van der Waals surface area contributed by atoms with Crippen LogP contribution in [0.5, 0.6) is 0 Å². The van der Waals surface area contributed by atoms with E-state index in [4.69, 9.17) is 14.5 Å². The molecule has 1 fully saturated rings. The standard InChI is InChI=1S/C25H34N4O3/c1-19(30)18-28(20-9-15-32-16-10-20)12-5-6-13-29-24(11-14-31-2)27-23-17-26-22-8-4-3-7-21(22)25(23)29/h3-4,7-8,17,20H,5-6,9-16,18H2,1-2H3. The zero-order valence-corrected chi connectivity index (χ0v) is 19.3. The van der Waals surface area contributed by atoms with Gasteiger partial charge in [-0.25, -0.2) is 4.98 Å². The molecule has 2 aromatic heterocycles. The highest BCUT2D eigenvalue weighted by molar-refractivity contribution is 6.02. The molecule has 7 nitrogen and oxygen atoms in total. The van der Waals surface area contributed by atoms with Gasteiger partial charge in [0.25, 0.3) is 0 Å². The quantitative estimate of drug-likeness (QED) is 0.426. The zero-order valence-electron chi connectivity index (χ0n) is 19.3. The third-order valence-corrected chi connectivity index (χ3v) is 6.30. The van der Waals surface area contributed by atoms with Crippen molar-refractivity contribution in [3.8, 4) is 0 Å². The fourth-order valence-corrected chi connectivity index (χ4v) is 4.75. The van der Waals surface area contributed by atoms with Crippen LogP contribution in [0.3, 0.4) is 0 Å². The van der Waals surface area contributed by atoms with E-state index in [0.717, 1.165) is 86.2 Å². The second-order valence-corrected chi connectivity index (χ2v) is 8.65. The van der Waals surface area contributed by atoms with Gasteiger partial charge < -0.3 is 14.0 Å². The molecule has 0 N–H and O–H groups in total. The van der Waals surface area contributed by atoms with E-state index in [9.17, 15) is 4.79 Å². The minimum atomic E-state index is 0.234. The minimum absolute atomic E-state index is 0.234. The number of aromatic nitrogens is 3. The molecule has 4 rings (SSSR count). The van der Waals surface area contributed by atoms with Crippen molar-refractivity contribution in [1.29, 1.82) is 0 Å². The number of rotatable bonds is 11. The number of aryl methyl sites for hydroxylation is 1. The maximum absolute atomic E-state index is 11.8. The molecule has 3 aromatic rings. The predicted octanol–water partition coefficient (Wildman–Crippen LogP) is 3.62. The molecule has 0 unspecified atom stereocenters. The van der Waals surface area contributed by atoms with E-state index >= 15 is 0 Å². The van der Waals surface area contributed by atoms with Gasteiger partial charge in [0.2, 0.25) is 0 Å². The van der Waals surface area contributed by atoms with E-state index in [-0.39, 0.29) is 5.78 Å². The van der Waals surface area contributed by atoms with Crippen molar-refractivity contribution < 1.29 is 14.3 Å².